The van der Waals surface area contributed by atoms with Crippen molar-refractivity contribution in [3.63, 3.8) is 0 Å². The lowest BCUT2D eigenvalue weighted by atomic mass is 9.49. The second-order valence-electron chi connectivity index (χ2n) is 6.58. The van der Waals surface area contributed by atoms with Gasteiger partial charge in [-0.05, 0) is 56.3 Å². The molecule has 0 heterocycles. The Kier molecular flexibility index (Phi) is 2.46. The molecule has 0 aromatic rings. The van der Waals surface area contributed by atoms with Gasteiger partial charge in [-0.3, -0.25) is 4.79 Å². The zero-order valence-electron chi connectivity index (χ0n) is 9.95. The van der Waals surface area contributed by atoms with Crippen molar-refractivity contribution < 1.29 is 10.1 Å². The lowest BCUT2D eigenvalue weighted by Crippen LogP contribution is -2.89. The number of rotatable bonds is 4. The Labute approximate surface area is 97.2 Å². The van der Waals surface area contributed by atoms with Crippen LogP contribution >= 0.6 is 0 Å². The molecule has 4 N–H and O–H groups in total. The molecule has 0 saturated heterocycles. The third kappa shape index (κ3) is 1.86. The SMILES string of the molecule is NC(=O)C[NH2+]CC12CC3CC(CC(C3)C1)C2. The molecule has 90 valence electrons. The minimum atomic E-state index is -0.176. The Morgan fingerprint density at radius 1 is 1.12 bits per heavy atom. The molecule has 4 bridgehead atoms. The van der Waals surface area contributed by atoms with Crippen LogP contribution in [0.2, 0.25) is 0 Å². The van der Waals surface area contributed by atoms with E-state index in [2.05, 4.69) is 5.32 Å². The predicted molar refractivity (Wildman–Crippen MR) is 61.5 cm³/mol. The molecule has 0 aromatic carbocycles. The van der Waals surface area contributed by atoms with Crippen molar-refractivity contribution in [2.24, 2.45) is 28.9 Å². The Balaban J connectivity index is 1.62. The number of quaternary nitrogens is 1. The van der Waals surface area contributed by atoms with E-state index in [9.17, 15) is 4.79 Å². The fourth-order valence-electron chi connectivity index (χ4n) is 5.06. The highest BCUT2D eigenvalue weighted by Crippen LogP contribution is 2.59. The monoisotopic (exact) mass is 223 g/mol. The van der Waals surface area contributed by atoms with Crippen LogP contribution in [0.25, 0.3) is 0 Å². The lowest BCUT2D eigenvalue weighted by molar-refractivity contribution is -0.658. The Morgan fingerprint density at radius 3 is 2.06 bits per heavy atom. The maximum atomic E-state index is 10.8. The highest BCUT2D eigenvalue weighted by atomic mass is 16.1. The molecule has 4 fully saturated rings. The number of amides is 1. The van der Waals surface area contributed by atoms with Gasteiger partial charge in [0.1, 0.15) is 0 Å². The highest BCUT2D eigenvalue weighted by molar-refractivity contribution is 5.74. The van der Waals surface area contributed by atoms with Gasteiger partial charge in [-0.25, -0.2) is 0 Å². The Hall–Kier alpha value is -0.570. The number of nitrogens with two attached hydrogens (primary N) is 2. The van der Waals surface area contributed by atoms with Crippen molar-refractivity contribution in [3.8, 4) is 0 Å². The molecule has 0 aliphatic heterocycles. The molecule has 0 unspecified atom stereocenters. The van der Waals surface area contributed by atoms with Crippen molar-refractivity contribution in [2.45, 2.75) is 38.5 Å². The summed E-state index contributed by atoms with van der Waals surface area (Å²) in [4.78, 5) is 10.8. The molecule has 1 amide bonds. The standard InChI is InChI=1S/C13H22N2O/c14-12(16)7-15-8-13-4-9-1-10(5-13)3-11(2-9)6-13/h9-11,15H,1-8H2,(H2,14,16)/p+1. The zero-order valence-corrected chi connectivity index (χ0v) is 9.95. The topological polar surface area (TPSA) is 59.7 Å². The first-order chi connectivity index (χ1) is 7.65. The van der Waals surface area contributed by atoms with Crippen LogP contribution in [0.3, 0.4) is 0 Å². The van der Waals surface area contributed by atoms with E-state index in [1.807, 2.05) is 0 Å². The fraction of sp³-hybridized carbons (Fsp3) is 0.923. The molecule has 4 saturated carbocycles. The van der Waals surface area contributed by atoms with E-state index in [4.69, 9.17) is 5.73 Å². The molecule has 3 heteroatoms. The second kappa shape index (κ2) is 3.73. The summed E-state index contributed by atoms with van der Waals surface area (Å²) < 4.78 is 0. The van der Waals surface area contributed by atoms with Crippen molar-refractivity contribution in [1.82, 2.24) is 0 Å². The molecule has 4 rings (SSSR count). The zero-order chi connectivity index (χ0) is 11.2. The van der Waals surface area contributed by atoms with E-state index < -0.39 is 0 Å². The Morgan fingerprint density at radius 2 is 1.62 bits per heavy atom. The van der Waals surface area contributed by atoms with Crippen molar-refractivity contribution in [2.75, 3.05) is 13.1 Å². The fourth-order valence-corrected chi connectivity index (χ4v) is 5.06. The van der Waals surface area contributed by atoms with E-state index in [-0.39, 0.29) is 5.91 Å². The summed E-state index contributed by atoms with van der Waals surface area (Å²) in [6, 6.07) is 0. The lowest BCUT2D eigenvalue weighted by Gasteiger charge is -2.55. The van der Waals surface area contributed by atoms with E-state index in [1.165, 1.54) is 38.5 Å². The normalized spacial score (nSPS) is 44.9. The maximum absolute atomic E-state index is 10.8. The summed E-state index contributed by atoms with van der Waals surface area (Å²) in [6.45, 7) is 1.61. The third-order valence-electron chi connectivity index (χ3n) is 5.09. The summed E-state index contributed by atoms with van der Waals surface area (Å²) in [5.41, 5.74) is 5.77. The average molecular weight is 223 g/mol. The van der Waals surface area contributed by atoms with Gasteiger partial charge < -0.3 is 11.1 Å². The van der Waals surface area contributed by atoms with Gasteiger partial charge in [0.05, 0.1) is 6.54 Å². The second-order valence-corrected chi connectivity index (χ2v) is 6.58. The van der Waals surface area contributed by atoms with Crippen LogP contribution in [0.4, 0.5) is 0 Å². The number of carbonyl (C=O) groups excluding carboxylic acids is 1. The van der Waals surface area contributed by atoms with Gasteiger partial charge in [0.15, 0.2) is 6.54 Å². The van der Waals surface area contributed by atoms with E-state index in [0.717, 1.165) is 24.3 Å². The predicted octanol–water partition coefficient (Wildman–Crippen LogP) is 0.251. The minimum Gasteiger partial charge on any atom is -0.365 e. The molecule has 3 nitrogen and oxygen atoms in total. The molecule has 0 spiro atoms. The van der Waals surface area contributed by atoms with E-state index in [1.54, 1.807) is 0 Å². The van der Waals surface area contributed by atoms with Gasteiger partial charge in [0.2, 0.25) is 0 Å². The third-order valence-corrected chi connectivity index (χ3v) is 5.09. The molecular weight excluding hydrogens is 200 g/mol. The summed E-state index contributed by atoms with van der Waals surface area (Å²) in [7, 11) is 0. The van der Waals surface area contributed by atoms with Crippen LogP contribution in [-0.2, 0) is 4.79 Å². The van der Waals surface area contributed by atoms with Crippen LogP contribution in [-0.4, -0.2) is 19.0 Å². The minimum absolute atomic E-state index is 0.176. The summed E-state index contributed by atoms with van der Waals surface area (Å²) >= 11 is 0. The average Bonchev–Trinajstić information content (AvgIpc) is 2.13. The van der Waals surface area contributed by atoms with E-state index in [0.29, 0.717) is 12.0 Å². The van der Waals surface area contributed by atoms with Gasteiger partial charge in [-0.15, -0.1) is 0 Å². The van der Waals surface area contributed by atoms with Gasteiger partial charge in [-0.1, -0.05) is 0 Å². The maximum Gasteiger partial charge on any atom is 0.272 e. The van der Waals surface area contributed by atoms with Crippen molar-refractivity contribution in [1.29, 1.82) is 0 Å². The van der Waals surface area contributed by atoms with Crippen LogP contribution in [0.1, 0.15) is 38.5 Å². The number of carbonyl (C=O) groups is 1. The summed E-state index contributed by atoms with van der Waals surface area (Å²) in [5.74, 6) is 2.85. The quantitative estimate of drug-likeness (QED) is 0.705. The molecule has 0 radical (unpaired) electrons. The first-order valence-corrected chi connectivity index (χ1v) is 6.75. The molecule has 0 aromatic heterocycles. The Bertz CT molecular complexity index is 265. The van der Waals surface area contributed by atoms with Crippen LogP contribution in [0, 0.1) is 23.2 Å². The largest absolute Gasteiger partial charge is 0.365 e. The van der Waals surface area contributed by atoms with Gasteiger partial charge in [0.25, 0.3) is 5.91 Å². The van der Waals surface area contributed by atoms with Crippen molar-refractivity contribution >= 4 is 5.91 Å². The van der Waals surface area contributed by atoms with Crippen LogP contribution < -0.4 is 11.1 Å². The van der Waals surface area contributed by atoms with Crippen LogP contribution in [0.15, 0.2) is 0 Å². The summed E-state index contributed by atoms with van der Waals surface area (Å²) in [6.07, 6.45) is 8.76. The first-order valence-electron chi connectivity index (χ1n) is 6.75. The number of hydrogen-bond donors (Lipinski definition) is 2. The van der Waals surface area contributed by atoms with Gasteiger partial charge >= 0.3 is 0 Å². The van der Waals surface area contributed by atoms with Gasteiger partial charge in [-0.2, -0.15) is 0 Å². The van der Waals surface area contributed by atoms with Gasteiger partial charge in [0, 0.05) is 5.41 Å². The summed E-state index contributed by atoms with van der Waals surface area (Å²) in [5, 5.41) is 2.15. The molecule has 0 atom stereocenters. The molecule has 16 heavy (non-hydrogen) atoms. The van der Waals surface area contributed by atoms with Crippen LogP contribution in [0.5, 0.6) is 0 Å². The molecule has 4 aliphatic carbocycles. The van der Waals surface area contributed by atoms with Crippen molar-refractivity contribution in [3.05, 3.63) is 0 Å². The molecule has 4 aliphatic rings. The van der Waals surface area contributed by atoms with E-state index >= 15 is 0 Å². The smallest absolute Gasteiger partial charge is 0.272 e. The first kappa shape index (κ1) is 10.6. The molecular formula is C13H23N2O+. The number of primary amides is 1. The number of hydrogen-bond acceptors (Lipinski definition) is 1. The highest BCUT2D eigenvalue weighted by Gasteiger charge is 2.51.